The molecule has 3 aromatic rings. The SMILES string of the molecule is CC(O)N(C(C)O)C(C)(C)Nc1ccc2cc3ccccc3cc2c1. The van der Waals surface area contributed by atoms with Crippen molar-refractivity contribution in [2.75, 3.05) is 5.32 Å². The van der Waals surface area contributed by atoms with Crippen molar-refractivity contribution in [3.63, 3.8) is 0 Å². The molecule has 2 atom stereocenters. The first kappa shape index (κ1) is 17.7. The molecule has 3 N–H and O–H groups in total. The van der Waals surface area contributed by atoms with E-state index in [4.69, 9.17) is 0 Å². The van der Waals surface area contributed by atoms with Gasteiger partial charge in [-0.2, -0.15) is 0 Å². The second kappa shape index (κ2) is 6.64. The Bertz CT molecular complexity index is 879. The number of rotatable bonds is 5. The van der Waals surface area contributed by atoms with Gasteiger partial charge in [0.25, 0.3) is 0 Å². The van der Waals surface area contributed by atoms with Gasteiger partial charge in [0.2, 0.25) is 0 Å². The summed E-state index contributed by atoms with van der Waals surface area (Å²) in [5.41, 5.74) is 0.325. The minimum absolute atomic E-state index is 0.618. The van der Waals surface area contributed by atoms with E-state index >= 15 is 0 Å². The van der Waals surface area contributed by atoms with Gasteiger partial charge in [-0.05, 0) is 73.5 Å². The molecule has 0 saturated heterocycles. The molecule has 0 aliphatic rings. The number of hydrogen-bond acceptors (Lipinski definition) is 4. The fourth-order valence-corrected chi connectivity index (χ4v) is 3.68. The van der Waals surface area contributed by atoms with Crippen molar-refractivity contribution in [2.24, 2.45) is 0 Å². The van der Waals surface area contributed by atoms with Gasteiger partial charge in [-0.25, -0.2) is 4.90 Å². The number of fused-ring (bicyclic) bond motifs is 2. The number of nitrogens with zero attached hydrogens (tertiary/aromatic N) is 1. The highest BCUT2D eigenvalue weighted by Gasteiger charge is 2.32. The third-order valence-electron chi connectivity index (χ3n) is 4.61. The van der Waals surface area contributed by atoms with Crippen molar-refractivity contribution in [3.05, 3.63) is 54.6 Å². The molecular formula is C21H26N2O2. The van der Waals surface area contributed by atoms with Crippen molar-refractivity contribution >= 4 is 27.2 Å². The van der Waals surface area contributed by atoms with E-state index < -0.39 is 18.1 Å². The largest absolute Gasteiger partial charge is 0.379 e. The molecule has 132 valence electrons. The van der Waals surface area contributed by atoms with Crippen LogP contribution in [0.1, 0.15) is 27.7 Å². The topological polar surface area (TPSA) is 55.7 Å². The van der Waals surface area contributed by atoms with Crippen LogP contribution < -0.4 is 5.32 Å². The highest BCUT2D eigenvalue weighted by molar-refractivity contribution is 5.99. The summed E-state index contributed by atoms with van der Waals surface area (Å²) in [4.78, 5) is 1.62. The molecule has 3 aromatic carbocycles. The lowest BCUT2D eigenvalue weighted by molar-refractivity contribution is -0.128. The molecule has 0 aliphatic carbocycles. The average Bonchev–Trinajstić information content (AvgIpc) is 2.51. The molecule has 25 heavy (non-hydrogen) atoms. The predicted octanol–water partition coefficient (Wildman–Crippen LogP) is 4.12. The van der Waals surface area contributed by atoms with Crippen LogP contribution in [0.2, 0.25) is 0 Å². The van der Waals surface area contributed by atoms with Crippen LogP contribution in [0, 0.1) is 0 Å². The second-order valence-electron chi connectivity index (χ2n) is 7.12. The number of aliphatic hydroxyl groups excluding tert-OH is 2. The normalized spacial score (nSPS) is 14.8. The highest BCUT2D eigenvalue weighted by atomic mass is 16.3. The summed E-state index contributed by atoms with van der Waals surface area (Å²) in [6.07, 6.45) is -1.54. The van der Waals surface area contributed by atoms with Crippen LogP contribution in [-0.2, 0) is 0 Å². The molecule has 0 amide bonds. The van der Waals surface area contributed by atoms with Gasteiger partial charge in [0.15, 0.2) is 0 Å². The third kappa shape index (κ3) is 3.61. The van der Waals surface area contributed by atoms with Gasteiger partial charge < -0.3 is 15.5 Å². The van der Waals surface area contributed by atoms with E-state index in [1.165, 1.54) is 16.2 Å². The Morgan fingerprint density at radius 3 is 1.88 bits per heavy atom. The number of hydrogen-bond donors (Lipinski definition) is 3. The van der Waals surface area contributed by atoms with Gasteiger partial charge in [0, 0.05) is 5.69 Å². The fraction of sp³-hybridized carbons (Fsp3) is 0.333. The molecule has 0 radical (unpaired) electrons. The van der Waals surface area contributed by atoms with Crippen LogP contribution in [0.15, 0.2) is 54.6 Å². The van der Waals surface area contributed by atoms with E-state index in [1.54, 1.807) is 18.7 Å². The first-order valence-electron chi connectivity index (χ1n) is 8.63. The second-order valence-corrected chi connectivity index (χ2v) is 7.12. The van der Waals surface area contributed by atoms with Crippen LogP contribution in [0.3, 0.4) is 0 Å². The lowest BCUT2D eigenvalue weighted by Crippen LogP contribution is -2.57. The first-order valence-corrected chi connectivity index (χ1v) is 8.63. The maximum atomic E-state index is 10.0. The van der Waals surface area contributed by atoms with Gasteiger partial charge in [-0.1, -0.05) is 30.3 Å². The molecule has 0 aliphatic heterocycles. The van der Waals surface area contributed by atoms with Crippen molar-refractivity contribution in [3.8, 4) is 0 Å². The van der Waals surface area contributed by atoms with Gasteiger partial charge in [0.1, 0.15) is 12.5 Å². The molecule has 0 saturated carbocycles. The van der Waals surface area contributed by atoms with E-state index in [1.807, 2.05) is 32.0 Å². The number of nitrogens with one attached hydrogen (secondary N) is 1. The zero-order valence-electron chi connectivity index (χ0n) is 15.2. The van der Waals surface area contributed by atoms with Crippen LogP contribution in [0.25, 0.3) is 21.5 Å². The molecule has 0 heterocycles. The molecule has 3 rings (SSSR count). The smallest absolute Gasteiger partial charge is 0.108 e. The van der Waals surface area contributed by atoms with Gasteiger partial charge in [0.05, 0.1) is 5.66 Å². The zero-order chi connectivity index (χ0) is 18.2. The molecule has 2 unspecified atom stereocenters. The standard InChI is InChI=1S/C21H26N2O2/c1-14(24)23(15(2)25)21(3,4)22-20-10-9-18-11-16-7-5-6-8-17(16)12-19(18)13-20/h5-15,22,24-25H,1-4H3. The lowest BCUT2D eigenvalue weighted by atomic mass is 10.0. The summed E-state index contributed by atoms with van der Waals surface area (Å²) in [5.74, 6) is 0. The van der Waals surface area contributed by atoms with E-state index in [0.29, 0.717) is 0 Å². The summed E-state index contributed by atoms with van der Waals surface area (Å²) >= 11 is 0. The molecule has 0 spiro atoms. The van der Waals surface area contributed by atoms with Crippen molar-refractivity contribution in [1.82, 2.24) is 4.90 Å². The van der Waals surface area contributed by atoms with E-state index in [-0.39, 0.29) is 0 Å². The molecule has 0 bridgehead atoms. The van der Waals surface area contributed by atoms with Crippen LogP contribution in [0.4, 0.5) is 5.69 Å². The van der Waals surface area contributed by atoms with Crippen molar-refractivity contribution < 1.29 is 10.2 Å². The third-order valence-corrected chi connectivity index (χ3v) is 4.61. The Morgan fingerprint density at radius 2 is 1.32 bits per heavy atom. The molecule has 0 fully saturated rings. The quantitative estimate of drug-likeness (QED) is 0.484. The maximum absolute atomic E-state index is 10.0. The minimum atomic E-state index is -0.771. The summed E-state index contributed by atoms with van der Waals surface area (Å²) in [7, 11) is 0. The van der Waals surface area contributed by atoms with Crippen LogP contribution >= 0.6 is 0 Å². The molecular weight excluding hydrogens is 312 g/mol. The van der Waals surface area contributed by atoms with Crippen molar-refractivity contribution in [2.45, 2.75) is 45.8 Å². The number of anilines is 1. The number of benzene rings is 3. The Balaban J connectivity index is 1.97. The van der Waals surface area contributed by atoms with Gasteiger partial charge in [-0.15, -0.1) is 0 Å². The summed E-state index contributed by atoms with van der Waals surface area (Å²) < 4.78 is 0. The molecule has 0 aromatic heterocycles. The summed E-state index contributed by atoms with van der Waals surface area (Å²) in [5, 5.41) is 28.2. The fourth-order valence-electron chi connectivity index (χ4n) is 3.68. The zero-order valence-corrected chi connectivity index (χ0v) is 15.2. The number of aliphatic hydroxyl groups is 2. The minimum Gasteiger partial charge on any atom is -0.379 e. The first-order chi connectivity index (χ1) is 11.8. The Hall–Kier alpha value is -2.14. The predicted molar refractivity (Wildman–Crippen MR) is 104 cm³/mol. The van der Waals surface area contributed by atoms with E-state index in [2.05, 4.69) is 41.7 Å². The van der Waals surface area contributed by atoms with Crippen LogP contribution in [0.5, 0.6) is 0 Å². The maximum Gasteiger partial charge on any atom is 0.108 e. The van der Waals surface area contributed by atoms with Crippen LogP contribution in [-0.4, -0.2) is 33.2 Å². The van der Waals surface area contributed by atoms with Crippen molar-refractivity contribution in [1.29, 1.82) is 0 Å². The highest BCUT2D eigenvalue weighted by Crippen LogP contribution is 2.28. The van der Waals surface area contributed by atoms with Gasteiger partial charge >= 0.3 is 0 Å². The summed E-state index contributed by atoms with van der Waals surface area (Å²) in [6.45, 7) is 7.19. The lowest BCUT2D eigenvalue weighted by Gasteiger charge is -2.43. The Labute approximate surface area is 148 Å². The monoisotopic (exact) mass is 338 g/mol. The van der Waals surface area contributed by atoms with Gasteiger partial charge in [-0.3, -0.25) is 0 Å². The average molecular weight is 338 g/mol. The molecule has 4 nitrogen and oxygen atoms in total. The summed E-state index contributed by atoms with van der Waals surface area (Å²) in [6, 6.07) is 18.9. The van der Waals surface area contributed by atoms with E-state index in [9.17, 15) is 10.2 Å². The Kier molecular flexibility index (Phi) is 4.69. The molecule has 4 heteroatoms. The Morgan fingerprint density at radius 1 is 0.800 bits per heavy atom. The van der Waals surface area contributed by atoms with E-state index in [0.717, 1.165) is 11.1 Å².